The number of aryl methyl sites for hydroxylation is 1. The molecular weight excluding hydrogens is 290 g/mol. The number of hydrogen-bond donors (Lipinski definition) is 1. The topological polar surface area (TPSA) is 54.9 Å². The van der Waals surface area contributed by atoms with E-state index in [1.54, 1.807) is 6.92 Å². The zero-order valence-corrected chi connectivity index (χ0v) is 11.9. The van der Waals surface area contributed by atoms with Gasteiger partial charge in [-0.25, -0.2) is 0 Å². The van der Waals surface area contributed by atoms with Crippen LogP contribution in [0.3, 0.4) is 0 Å². The fraction of sp³-hybridized carbons (Fsp3) is 0.700. The molecule has 0 aliphatic carbocycles. The van der Waals surface area contributed by atoms with Gasteiger partial charge in [0.15, 0.2) is 0 Å². The Morgan fingerprint density at radius 3 is 2.88 bits per heavy atom. The maximum Gasteiger partial charge on any atom is 0.264 e. The maximum absolute atomic E-state index is 11.8. The van der Waals surface area contributed by atoms with E-state index >= 15 is 0 Å². The summed E-state index contributed by atoms with van der Waals surface area (Å²) in [7, 11) is 0. The van der Waals surface area contributed by atoms with Crippen molar-refractivity contribution < 1.29 is 4.79 Å². The summed E-state index contributed by atoms with van der Waals surface area (Å²) in [4.78, 5) is 12.4. The van der Waals surface area contributed by atoms with Crippen LogP contribution >= 0.6 is 27.5 Å². The van der Waals surface area contributed by atoms with E-state index in [1.807, 2.05) is 0 Å². The molecule has 4 nitrogen and oxygen atoms in total. The fourth-order valence-electron chi connectivity index (χ4n) is 1.36. The third-order valence-electron chi connectivity index (χ3n) is 2.50. The molecule has 0 fully saturated rings. The molecule has 1 atom stereocenters. The Labute approximate surface area is 108 Å². The van der Waals surface area contributed by atoms with Gasteiger partial charge in [0, 0.05) is 11.9 Å². The second-order valence-electron chi connectivity index (χ2n) is 3.65. The lowest BCUT2D eigenvalue weighted by Crippen LogP contribution is -2.29. The molecule has 1 aromatic heterocycles. The molecule has 1 N–H and O–H groups in total. The van der Waals surface area contributed by atoms with Gasteiger partial charge in [0.25, 0.3) is 5.91 Å². The van der Waals surface area contributed by atoms with E-state index in [9.17, 15) is 4.79 Å². The Kier molecular flexibility index (Phi) is 5.90. The average Bonchev–Trinajstić information content (AvgIpc) is 2.70. The van der Waals surface area contributed by atoms with E-state index in [-0.39, 0.29) is 5.91 Å². The Bertz CT molecular complexity index is 343. The normalized spacial score (nSPS) is 12.4. The van der Waals surface area contributed by atoms with Crippen LogP contribution in [0, 0.1) is 12.8 Å². The van der Waals surface area contributed by atoms with Gasteiger partial charge >= 0.3 is 0 Å². The largest absolute Gasteiger partial charge is 0.351 e. The molecule has 0 aromatic carbocycles. The summed E-state index contributed by atoms with van der Waals surface area (Å²) in [6, 6.07) is 0. The smallest absolute Gasteiger partial charge is 0.264 e. The molecule has 6 heteroatoms. The van der Waals surface area contributed by atoms with Crippen LogP contribution in [0.25, 0.3) is 0 Å². The lowest BCUT2D eigenvalue weighted by atomic mass is 10.0. The first-order chi connectivity index (χ1) is 7.69. The van der Waals surface area contributed by atoms with E-state index in [1.165, 1.54) is 0 Å². The van der Waals surface area contributed by atoms with Crippen LogP contribution < -0.4 is 5.32 Å². The molecule has 16 heavy (non-hydrogen) atoms. The number of nitrogens with zero attached hydrogens (tertiary/aromatic N) is 2. The predicted molar refractivity (Wildman–Crippen MR) is 69.2 cm³/mol. The van der Waals surface area contributed by atoms with E-state index in [0.29, 0.717) is 16.5 Å². The van der Waals surface area contributed by atoms with Crippen LogP contribution in [-0.4, -0.2) is 27.4 Å². The first-order valence-electron chi connectivity index (χ1n) is 5.32. The van der Waals surface area contributed by atoms with E-state index < -0.39 is 0 Å². The van der Waals surface area contributed by atoms with Gasteiger partial charge in [-0.05, 0) is 30.8 Å². The minimum Gasteiger partial charge on any atom is -0.351 e. The van der Waals surface area contributed by atoms with Crippen molar-refractivity contribution in [3.05, 3.63) is 10.6 Å². The number of hydrogen-bond acceptors (Lipinski definition) is 4. The second-order valence-corrected chi connectivity index (χ2v) is 5.20. The number of carbonyl (C=O) groups excluding carboxylic acids is 1. The van der Waals surface area contributed by atoms with Crippen molar-refractivity contribution in [2.24, 2.45) is 5.92 Å². The van der Waals surface area contributed by atoms with E-state index in [0.717, 1.165) is 36.2 Å². The lowest BCUT2D eigenvalue weighted by Gasteiger charge is -2.13. The zero-order chi connectivity index (χ0) is 12.0. The molecule has 1 unspecified atom stereocenters. The second kappa shape index (κ2) is 6.96. The minimum absolute atomic E-state index is 0.0551. The Balaban J connectivity index is 2.43. The van der Waals surface area contributed by atoms with Gasteiger partial charge in [-0.2, -0.15) is 0 Å². The average molecular weight is 306 g/mol. The summed E-state index contributed by atoms with van der Waals surface area (Å²) < 4.78 is 3.75. The third-order valence-corrected chi connectivity index (χ3v) is 3.79. The van der Waals surface area contributed by atoms with E-state index in [2.05, 4.69) is 37.8 Å². The molecule has 0 radical (unpaired) electrons. The molecule has 1 rings (SSSR count). The van der Waals surface area contributed by atoms with Gasteiger partial charge in [-0.15, -0.1) is 5.10 Å². The number of aromatic nitrogens is 2. The molecule has 0 saturated heterocycles. The van der Waals surface area contributed by atoms with Gasteiger partial charge in [-0.3, -0.25) is 4.79 Å². The van der Waals surface area contributed by atoms with Crippen LogP contribution in [0.5, 0.6) is 0 Å². The van der Waals surface area contributed by atoms with Gasteiger partial charge in [0.05, 0.1) is 5.69 Å². The van der Waals surface area contributed by atoms with Crippen LogP contribution in [-0.2, 0) is 0 Å². The highest BCUT2D eigenvalue weighted by Gasteiger charge is 2.14. The van der Waals surface area contributed by atoms with Crippen molar-refractivity contribution in [1.82, 2.24) is 14.9 Å². The van der Waals surface area contributed by atoms with Crippen molar-refractivity contribution in [3.63, 3.8) is 0 Å². The highest BCUT2D eigenvalue weighted by Crippen LogP contribution is 2.11. The van der Waals surface area contributed by atoms with Crippen molar-refractivity contribution in [1.29, 1.82) is 0 Å². The summed E-state index contributed by atoms with van der Waals surface area (Å²) in [5, 5.41) is 7.73. The minimum atomic E-state index is -0.0551. The summed E-state index contributed by atoms with van der Waals surface area (Å²) in [6.07, 6.45) is 2.16. The molecule has 0 aliphatic rings. The summed E-state index contributed by atoms with van der Waals surface area (Å²) >= 11 is 4.57. The zero-order valence-electron chi connectivity index (χ0n) is 9.49. The van der Waals surface area contributed by atoms with E-state index in [4.69, 9.17) is 0 Å². The highest BCUT2D eigenvalue weighted by molar-refractivity contribution is 9.09. The van der Waals surface area contributed by atoms with Crippen LogP contribution in [0.2, 0.25) is 0 Å². The van der Waals surface area contributed by atoms with Crippen molar-refractivity contribution in [2.75, 3.05) is 11.9 Å². The van der Waals surface area contributed by atoms with Gasteiger partial charge in [0.1, 0.15) is 4.88 Å². The standard InChI is InChI=1S/C10H16BrN3OS/c1-3-8(4-5-11)6-12-10(15)9-7(2)13-14-16-9/h8H,3-6H2,1-2H3,(H,12,15). The molecule has 0 bridgehead atoms. The van der Waals surface area contributed by atoms with Gasteiger partial charge in [-0.1, -0.05) is 33.8 Å². The Morgan fingerprint density at radius 2 is 2.38 bits per heavy atom. The SMILES string of the molecule is CCC(CCBr)CNC(=O)c1snnc1C. The first kappa shape index (κ1) is 13.6. The predicted octanol–water partition coefficient (Wildman–Crippen LogP) is 2.39. The number of alkyl halides is 1. The molecule has 1 heterocycles. The molecule has 1 aromatic rings. The molecule has 0 aliphatic heterocycles. The van der Waals surface area contributed by atoms with Crippen LogP contribution in [0.1, 0.15) is 35.1 Å². The van der Waals surface area contributed by atoms with Crippen molar-refractivity contribution in [2.45, 2.75) is 26.7 Å². The fourth-order valence-corrected chi connectivity index (χ4v) is 2.58. The molecular formula is C10H16BrN3OS. The first-order valence-corrected chi connectivity index (χ1v) is 7.21. The van der Waals surface area contributed by atoms with Gasteiger partial charge < -0.3 is 5.32 Å². The van der Waals surface area contributed by atoms with Crippen LogP contribution in [0.15, 0.2) is 0 Å². The number of halogens is 1. The summed E-state index contributed by atoms with van der Waals surface area (Å²) in [5.41, 5.74) is 0.705. The summed E-state index contributed by atoms with van der Waals surface area (Å²) in [5.74, 6) is 0.477. The van der Waals surface area contributed by atoms with Crippen molar-refractivity contribution in [3.8, 4) is 0 Å². The monoisotopic (exact) mass is 305 g/mol. The Morgan fingerprint density at radius 1 is 1.62 bits per heavy atom. The highest BCUT2D eigenvalue weighted by atomic mass is 79.9. The lowest BCUT2D eigenvalue weighted by molar-refractivity contribution is 0.0950. The number of nitrogens with one attached hydrogen (secondary N) is 1. The number of rotatable bonds is 6. The molecule has 1 amide bonds. The van der Waals surface area contributed by atoms with Gasteiger partial charge in [0.2, 0.25) is 0 Å². The number of amides is 1. The molecule has 90 valence electrons. The number of carbonyl (C=O) groups is 1. The van der Waals surface area contributed by atoms with Crippen LogP contribution in [0.4, 0.5) is 0 Å². The quantitative estimate of drug-likeness (QED) is 0.821. The molecule has 0 saturated carbocycles. The third kappa shape index (κ3) is 3.83. The maximum atomic E-state index is 11.8. The van der Waals surface area contributed by atoms with Crippen molar-refractivity contribution >= 4 is 33.4 Å². The summed E-state index contributed by atoms with van der Waals surface area (Å²) in [6.45, 7) is 4.66. The Hall–Kier alpha value is -0.490. The molecule has 0 spiro atoms.